The normalized spacial score (nSPS) is 9.85. The molecule has 0 radical (unpaired) electrons. The maximum Gasteiger partial charge on any atom is 0.109 e. The first-order valence-electron chi connectivity index (χ1n) is 3.69. The zero-order chi connectivity index (χ0) is 10.0. The molecule has 0 aliphatic heterocycles. The van der Waals surface area contributed by atoms with Crippen LogP contribution in [0.3, 0.4) is 0 Å². The van der Waals surface area contributed by atoms with Crippen LogP contribution in [0.15, 0.2) is 22.7 Å². The van der Waals surface area contributed by atoms with Crippen LogP contribution in [0, 0.1) is 0 Å². The second-order valence-electron chi connectivity index (χ2n) is 2.82. The second-order valence-corrected chi connectivity index (χ2v) is 4.50. The van der Waals surface area contributed by atoms with Crippen LogP contribution < -0.4 is 0 Å². The minimum Gasteiger partial charge on any atom is -0.368 e. The summed E-state index contributed by atoms with van der Waals surface area (Å²) in [6.45, 7) is 0. The third-order valence-corrected chi connectivity index (χ3v) is 3.08. The van der Waals surface area contributed by atoms with E-state index in [0.717, 1.165) is 15.0 Å². The van der Waals surface area contributed by atoms with Gasteiger partial charge in [-0.1, -0.05) is 39.7 Å². The van der Waals surface area contributed by atoms with Crippen molar-refractivity contribution >= 4 is 44.7 Å². The molecule has 0 saturated heterocycles. The average molecular weight is 279 g/mol. The van der Waals surface area contributed by atoms with Crippen molar-refractivity contribution in [1.29, 1.82) is 0 Å². The Hall–Kier alpha value is -0.120. The van der Waals surface area contributed by atoms with Crippen LogP contribution in [-0.4, -0.2) is 24.0 Å². The van der Waals surface area contributed by atoms with Crippen LogP contribution in [0.2, 0.25) is 5.02 Å². The Labute approximate surface area is 96.8 Å². The lowest BCUT2D eigenvalue weighted by atomic mass is 10.2. The van der Waals surface area contributed by atoms with Gasteiger partial charge in [-0.15, -0.1) is 0 Å². The van der Waals surface area contributed by atoms with Gasteiger partial charge in [0.15, 0.2) is 0 Å². The Morgan fingerprint density at radius 2 is 2.08 bits per heavy atom. The van der Waals surface area contributed by atoms with E-state index < -0.39 is 0 Å². The molecule has 1 aromatic carbocycles. The topological polar surface area (TPSA) is 3.24 Å². The first kappa shape index (κ1) is 11.0. The number of halogens is 2. The molecule has 0 aliphatic carbocycles. The van der Waals surface area contributed by atoms with Gasteiger partial charge in [0, 0.05) is 29.2 Å². The van der Waals surface area contributed by atoms with E-state index in [2.05, 4.69) is 15.9 Å². The average Bonchev–Trinajstić information content (AvgIpc) is 2.08. The van der Waals surface area contributed by atoms with Crippen LogP contribution in [0.5, 0.6) is 0 Å². The van der Waals surface area contributed by atoms with E-state index in [0.29, 0.717) is 5.02 Å². The lowest BCUT2D eigenvalue weighted by Gasteiger charge is -2.15. The lowest BCUT2D eigenvalue weighted by molar-refractivity contribution is 0.636. The number of benzene rings is 1. The Kier molecular flexibility index (Phi) is 3.71. The summed E-state index contributed by atoms with van der Waals surface area (Å²) in [5.41, 5.74) is 0.951. The molecule has 0 heterocycles. The van der Waals surface area contributed by atoms with E-state index in [9.17, 15) is 0 Å². The third kappa shape index (κ3) is 2.66. The molecule has 70 valence electrons. The summed E-state index contributed by atoms with van der Waals surface area (Å²) >= 11 is 14.5. The largest absolute Gasteiger partial charge is 0.368 e. The molecule has 13 heavy (non-hydrogen) atoms. The van der Waals surface area contributed by atoms with Crippen molar-refractivity contribution in [2.24, 2.45) is 0 Å². The smallest absolute Gasteiger partial charge is 0.109 e. The van der Waals surface area contributed by atoms with Crippen LogP contribution in [0.25, 0.3) is 0 Å². The van der Waals surface area contributed by atoms with Gasteiger partial charge >= 0.3 is 0 Å². The molecule has 0 saturated carbocycles. The standard InChI is InChI=1S/C9H9BrClNS/c1-12(2)9(13)7-5-6(11)3-4-8(7)10/h3-5H,1-2H3. The van der Waals surface area contributed by atoms with Crippen molar-refractivity contribution in [3.05, 3.63) is 33.3 Å². The maximum absolute atomic E-state index is 5.87. The first-order valence-corrected chi connectivity index (χ1v) is 5.27. The summed E-state index contributed by atoms with van der Waals surface area (Å²) in [6.07, 6.45) is 0. The molecule has 0 aromatic heterocycles. The summed E-state index contributed by atoms with van der Waals surface area (Å²) in [6, 6.07) is 5.58. The molecule has 0 amide bonds. The van der Waals surface area contributed by atoms with E-state index in [4.69, 9.17) is 23.8 Å². The molecular weight excluding hydrogens is 270 g/mol. The fraction of sp³-hybridized carbons (Fsp3) is 0.222. The third-order valence-electron chi connectivity index (χ3n) is 1.56. The molecular formula is C9H9BrClNS. The number of hydrogen-bond acceptors (Lipinski definition) is 1. The predicted molar refractivity (Wildman–Crippen MR) is 64.5 cm³/mol. The molecule has 0 aliphatic rings. The molecule has 0 N–H and O–H groups in total. The molecule has 0 atom stereocenters. The first-order chi connectivity index (χ1) is 6.02. The fourth-order valence-corrected chi connectivity index (χ4v) is 1.81. The Morgan fingerprint density at radius 3 is 2.62 bits per heavy atom. The van der Waals surface area contributed by atoms with E-state index in [1.807, 2.05) is 37.2 Å². The summed E-state index contributed by atoms with van der Waals surface area (Å²) in [5.74, 6) is 0. The quantitative estimate of drug-likeness (QED) is 0.725. The molecule has 0 fully saturated rings. The molecule has 4 heteroatoms. The highest BCUT2D eigenvalue weighted by Gasteiger charge is 2.07. The van der Waals surface area contributed by atoms with Gasteiger partial charge in [0.1, 0.15) is 4.99 Å². The zero-order valence-corrected chi connectivity index (χ0v) is 10.5. The summed E-state index contributed by atoms with van der Waals surface area (Å²) in [5, 5.41) is 0.697. The summed E-state index contributed by atoms with van der Waals surface area (Å²) < 4.78 is 0.968. The Morgan fingerprint density at radius 1 is 1.46 bits per heavy atom. The minimum absolute atomic E-state index is 0.697. The van der Waals surface area contributed by atoms with Crippen LogP contribution >= 0.6 is 39.7 Å². The summed E-state index contributed by atoms with van der Waals surface area (Å²) in [7, 11) is 3.82. The van der Waals surface area contributed by atoms with Crippen LogP contribution in [0.4, 0.5) is 0 Å². The van der Waals surface area contributed by atoms with Crippen LogP contribution in [0.1, 0.15) is 5.56 Å². The van der Waals surface area contributed by atoms with E-state index >= 15 is 0 Å². The van der Waals surface area contributed by atoms with Gasteiger partial charge in [-0.05, 0) is 18.2 Å². The van der Waals surface area contributed by atoms with Crippen molar-refractivity contribution in [3.63, 3.8) is 0 Å². The van der Waals surface area contributed by atoms with Crippen molar-refractivity contribution in [1.82, 2.24) is 4.90 Å². The highest BCUT2D eigenvalue weighted by atomic mass is 79.9. The van der Waals surface area contributed by atoms with Gasteiger partial charge in [0.2, 0.25) is 0 Å². The molecule has 1 nitrogen and oxygen atoms in total. The van der Waals surface area contributed by atoms with Crippen molar-refractivity contribution in [3.8, 4) is 0 Å². The molecule has 0 spiro atoms. The van der Waals surface area contributed by atoms with Gasteiger partial charge in [0.05, 0.1) is 0 Å². The monoisotopic (exact) mass is 277 g/mol. The predicted octanol–water partition coefficient (Wildman–Crippen LogP) is 3.34. The van der Waals surface area contributed by atoms with Crippen molar-refractivity contribution < 1.29 is 0 Å². The molecule has 0 unspecified atom stereocenters. The van der Waals surface area contributed by atoms with E-state index in [-0.39, 0.29) is 0 Å². The highest BCUT2D eigenvalue weighted by Crippen LogP contribution is 2.22. The fourth-order valence-electron chi connectivity index (χ4n) is 0.902. The zero-order valence-electron chi connectivity index (χ0n) is 7.34. The minimum atomic E-state index is 0.697. The number of hydrogen-bond donors (Lipinski definition) is 0. The SMILES string of the molecule is CN(C)C(=S)c1cc(Cl)ccc1Br. The van der Waals surface area contributed by atoms with Crippen molar-refractivity contribution in [2.45, 2.75) is 0 Å². The Bertz CT molecular complexity index is 338. The maximum atomic E-state index is 5.87. The van der Waals surface area contributed by atoms with Gasteiger partial charge in [-0.2, -0.15) is 0 Å². The van der Waals surface area contributed by atoms with Gasteiger partial charge in [-0.25, -0.2) is 0 Å². The van der Waals surface area contributed by atoms with E-state index in [1.54, 1.807) is 0 Å². The number of nitrogens with zero attached hydrogens (tertiary/aromatic N) is 1. The summed E-state index contributed by atoms with van der Waals surface area (Å²) in [4.78, 5) is 2.65. The van der Waals surface area contributed by atoms with Crippen molar-refractivity contribution in [2.75, 3.05) is 14.1 Å². The lowest BCUT2D eigenvalue weighted by Crippen LogP contribution is -2.20. The molecule has 1 aromatic rings. The highest BCUT2D eigenvalue weighted by molar-refractivity contribution is 9.10. The van der Waals surface area contributed by atoms with E-state index in [1.165, 1.54) is 0 Å². The van der Waals surface area contributed by atoms with Gasteiger partial charge in [-0.3, -0.25) is 0 Å². The molecule has 1 rings (SSSR count). The number of rotatable bonds is 1. The Balaban J connectivity index is 3.13. The molecule has 0 bridgehead atoms. The van der Waals surface area contributed by atoms with Gasteiger partial charge in [0.25, 0.3) is 0 Å². The van der Waals surface area contributed by atoms with Gasteiger partial charge < -0.3 is 4.90 Å². The van der Waals surface area contributed by atoms with Crippen LogP contribution in [-0.2, 0) is 0 Å². The second kappa shape index (κ2) is 4.40. The number of thiocarbonyl (C=S) groups is 1.